The fraction of sp³-hybridized carbons (Fsp3) is 0.550. The highest BCUT2D eigenvalue weighted by molar-refractivity contribution is 6.74. The summed E-state index contributed by atoms with van der Waals surface area (Å²) in [5.41, 5.74) is -3.86. The molecule has 1 rings (SSSR count). The van der Waals surface area contributed by atoms with Crippen LogP contribution in [0, 0.1) is 12.3 Å². The number of alkyl halides is 6. The summed E-state index contributed by atoms with van der Waals surface area (Å²) in [4.78, 5) is 12.2. The number of rotatable bonds is 6. The van der Waals surface area contributed by atoms with Gasteiger partial charge in [-0.1, -0.05) is 20.8 Å². The highest BCUT2D eigenvalue weighted by Gasteiger charge is 2.47. The molecule has 162 valence electrons. The predicted octanol–water partition coefficient (Wildman–Crippen LogP) is 7.09. The van der Waals surface area contributed by atoms with Gasteiger partial charge in [-0.25, -0.2) is 0 Å². The van der Waals surface area contributed by atoms with E-state index in [1.807, 2.05) is 0 Å². The van der Waals surface area contributed by atoms with E-state index in [-0.39, 0.29) is 19.3 Å². The lowest BCUT2D eigenvalue weighted by Gasteiger charge is -2.38. The van der Waals surface area contributed by atoms with Gasteiger partial charge in [0.1, 0.15) is 5.75 Å². The maximum atomic E-state index is 13.7. The second-order valence-corrected chi connectivity index (χ2v) is 13.0. The van der Waals surface area contributed by atoms with Gasteiger partial charge >= 0.3 is 12.4 Å². The maximum absolute atomic E-state index is 13.7. The summed E-state index contributed by atoms with van der Waals surface area (Å²) >= 11 is 0. The van der Waals surface area contributed by atoms with E-state index in [0.29, 0.717) is 12.1 Å². The number of carbonyl (C=O) groups is 1. The van der Waals surface area contributed by atoms with Crippen LogP contribution in [0.15, 0.2) is 12.1 Å². The first-order valence-electron chi connectivity index (χ1n) is 8.90. The Bertz CT molecular complexity index is 760. The molecule has 2 nitrogen and oxygen atoms in total. The summed E-state index contributed by atoms with van der Waals surface area (Å²) in [6.07, 6.45) is -5.10. The lowest BCUT2D eigenvalue weighted by atomic mass is 9.98. The third-order valence-corrected chi connectivity index (χ3v) is 9.24. The third-order valence-electron chi connectivity index (χ3n) is 4.91. The van der Waals surface area contributed by atoms with Crippen LogP contribution < -0.4 is 4.43 Å². The largest absolute Gasteiger partial charge is 0.543 e. The van der Waals surface area contributed by atoms with Crippen LogP contribution in [0.25, 0.3) is 0 Å². The summed E-state index contributed by atoms with van der Waals surface area (Å²) in [6, 6.07) is 0.881. The summed E-state index contributed by atoms with van der Waals surface area (Å²) in [5.74, 6) is 0.162. The minimum absolute atomic E-state index is 0.167. The molecule has 9 heteroatoms. The van der Waals surface area contributed by atoms with Crippen LogP contribution >= 0.6 is 0 Å². The molecule has 0 aliphatic carbocycles. The lowest BCUT2D eigenvalue weighted by molar-refractivity contribution is -0.144. The molecule has 0 aromatic heterocycles. The summed E-state index contributed by atoms with van der Waals surface area (Å²) in [5, 5.41) is -0.636. The maximum Gasteiger partial charge on any atom is 0.419 e. The Morgan fingerprint density at radius 2 is 1.48 bits per heavy atom. The van der Waals surface area contributed by atoms with Gasteiger partial charge in [-0.05, 0) is 36.7 Å². The average Bonchev–Trinajstić information content (AvgIpc) is 2.51. The standard InChI is InChI=1S/C20H24F6O2Si/c1-7-8-9-10-16(27)13-11-14(19(21,22)23)17(15(12-13)20(24,25)26)28-29(5,6)18(2,3)4/h1,11-12H,8-10H2,2-6H3. The number of carbonyl (C=O) groups excluding carboxylic acids is 1. The van der Waals surface area contributed by atoms with E-state index in [1.165, 1.54) is 0 Å². The van der Waals surface area contributed by atoms with Crippen LogP contribution in [-0.4, -0.2) is 14.1 Å². The molecule has 0 atom stereocenters. The first-order valence-corrected chi connectivity index (χ1v) is 11.8. The van der Waals surface area contributed by atoms with Gasteiger partial charge in [-0.2, -0.15) is 26.3 Å². The molecule has 0 aliphatic rings. The number of Topliss-reactive ketones (excluding diaryl/α,β-unsaturated/α-hetero) is 1. The topological polar surface area (TPSA) is 26.3 Å². The number of ketones is 1. The van der Waals surface area contributed by atoms with Crippen LogP contribution in [0.5, 0.6) is 5.75 Å². The molecular weight excluding hydrogens is 414 g/mol. The molecule has 0 unspecified atom stereocenters. The van der Waals surface area contributed by atoms with Gasteiger partial charge < -0.3 is 4.43 Å². The number of benzene rings is 1. The van der Waals surface area contributed by atoms with Crippen LogP contribution in [-0.2, 0) is 12.4 Å². The first kappa shape index (κ1) is 25.1. The quantitative estimate of drug-likeness (QED) is 0.156. The Morgan fingerprint density at radius 1 is 1.03 bits per heavy atom. The molecule has 1 aromatic carbocycles. The molecule has 0 saturated carbocycles. The SMILES string of the molecule is C#CCCCC(=O)c1cc(C(F)(F)F)c(O[Si](C)(C)C(C)(C)C)c(C(F)(F)F)c1. The van der Waals surface area contributed by atoms with Gasteiger partial charge in [0.25, 0.3) is 8.32 Å². The number of halogens is 6. The Labute approximate surface area is 167 Å². The summed E-state index contributed by atoms with van der Waals surface area (Å²) in [7, 11) is -3.04. The van der Waals surface area contributed by atoms with Crippen LogP contribution in [0.3, 0.4) is 0 Å². The monoisotopic (exact) mass is 438 g/mol. The van der Waals surface area contributed by atoms with Crippen molar-refractivity contribution in [3.8, 4) is 18.1 Å². The van der Waals surface area contributed by atoms with Crippen molar-refractivity contribution in [2.75, 3.05) is 0 Å². The molecule has 0 bridgehead atoms. The van der Waals surface area contributed by atoms with Crippen molar-refractivity contribution >= 4 is 14.1 Å². The van der Waals surface area contributed by atoms with Gasteiger partial charge in [0, 0.05) is 18.4 Å². The predicted molar refractivity (Wildman–Crippen MR) is 101 cm³/mol. The van der Waals surface area contributed by atoms with Gasteiger partial charge in [0.05, 0.1) is 11.1 Å². The molecule has 0 amide bonds. The van der Waals surface area contributed by atoms with Crippen molar-refractivity contribution in [1.29, 1.82) is 0 Å². The molecule has 1 aromatic rings. The lowest BCUT2D eigenvalue weighted by Crippen LogP contribution is -2.44. The minimum atomic E-state index is -5.13. The van der Waals surface area contributed by atoms with Crippen LogP contribution in [0.2, 0.25) is 18.1 Å². The zero-order valence-corrected chi connectivity index (χ0v) is 17.9. The van der Waals surface area contributed by atoms with E-state index in [0.717, 1.165) is 0 Å². The molecule has 0 spiro atoms. The number of unbranched alkanes of at least 4 members (excludes halogenated alkanes) is 1. The fourth-order valence-corrected chi connectivity index (χ4v) is 3.26. The minimum Gasteiger partial charge on any atom is -0.543 e. The Hall–Kier alpha value is -1.95. The third kappa shape index (κ3) is 6.26. The van der Waals surface area contributed by atoms with Crippen molar-refractivity contribution < 1.29 is 35.6 Å². The molecular formula is C20H24F6O2Si. The fourth-order valence-electron chi connectivity index (χ4n) is 2.22. The summed E-state index contributed by atoms with van der Waals surface area (Å²) < 4.78 is 87.5. The van der Waals surface area contributed by atoms with Gasteiger partial charge in [0.2, 0.25) is 0 Å². The van der Waals surface area contributed by atoms with Gasteiger partial charge in [0.15, 0.2) is 5.78 Å². The molecule has 0 aliphatic heterocycles. The van der Waals surface area contributed by atoms with Crippen molar-refractivity contribution in [2.24, 2.45) is 0 Å². The van der Waals surface area contributed by atoms with Gasteiger partial charge in [-0.3, -0.25) is 4.79 Å². The van der Waals surface area contributed by atoms with E-state index in [4.69, 9.17) is 10.8 Å². The number of hydrogen-bond donors (Lipinski definition) is 0. The average molecular weight is 438 g/mol. The number of terminal acetylenes is 1. The zero-order valence-electron chi connectivity index (χ0n) is 16.9. The van der Waals surface area contributed by atoms with E-state index < -0.39 is 53.9 Å². The van der Waals surface area contributed by atoms with Crippen molar-refractivity contribution in [1.82, 2.24) is 0 Å². The van der Waals surface area contributed by atoms with E-state index >= 15 is 0 Å². The van der Waals surface area contributed by atoms with Crippen LogP contribution in [0.4, 0.5) is 26.3 Å². The van der Waals surface area contributed by atoms with Gasteiger partial charge in [-0.15, -0.1) is 12.3 Å². The molecule has 29 heavy (non-hydrogen) atoms. The Kier molecular flexibility index (Phi) is 7.28. The molecule has 0 fully saturated rings. The van der Waals surface area contributed by atoms with E-state index in [9.17, 15) is 31.1 Å². The zero-order chi connectivity index (χ0) is 22.8. The molecule has 0 heterocycles. The highest BCUT2D eigenvalue weighted by atomic mass is 28.4. The van der Waals surface area contributed by atoms with Crippen molar-refractivity contribution in [3.05, 3.63) is 28.8 Å². The Morgan fingerprint density at radius 3 is 1.83 bits per heavy atom. The normalized spacial score (nSPS) is 13.2. The van der Waals surface area contributed by atoms with E-state index in [2.05, 4.69) is 5.92 Å². The van der Waals surface area contributed by atoms with E-state index in [1.54, 1.807) is 33.9 Å². The molecule has 0 radical (unpaired) electrons. The summed E-state index contributed by atoms with van der Waals surface area (Å²) in [6.45, 7) is 8.19. The second kappa shape index (κ2) is 8.42. The highest BCUT2D eigenvalue weighted by Crippen LogP contribution is 2.48. The smallest absolute Gasteiger partial charge is 0.419 e. The molecule has 0 saturated heterocycles. The molecule has 0 N–H and O–H groups in total. The van der Waals surface area contributed by atoms with Crippen LogP contribution in [0.1, 0.15) is 61.5 Å². The first-order chi connectivity index (χ1) is 12.9. The Balaban J connectivity index is 3.70. The van der Waals surface area contributed by atoms with Crippen molar-refractivity contribution in [2.45, 2.75) is 70.5 Å². The van der Waals surface area contributed by atoms with Crippen molar-refractivity contribution in [3.63, 3.8) is 0 Å². The number of hydrogen-bond acceptors (Lipinski definition) is 2. The second-order valence-electron chi connectivity index (χ2n) is 8.24.